The Morgan fingerprint density at radius 2 is 1.70 bits per heavy atom. The van der Waals surface area contributed by atoms with E-state index in [0.717, 1.165) is 53.4 Å². The van der Waals surface area contributed by atoms with Crippen LogP contribution < -0.4 is 14.8 Å². The summed E-state index contributed by atoms with van der Waals surface area (Å²) in [5, 5.41) is 3.06. The van der Waals surface area contributed by atoms with Crippen molar-refractivity contribution in [1.82, 2.24) is 9.88 Å². The van der Waals surface area contributed by atoms with E-state index in [0.29, 0.717) is 12.1 Å². The van der Waals surface area contributed by atoms with Crippen molar-refractivity contribution < 1.29 is 14.3 Å². The molecule has 0 aliphatic carbocycles. The van der Waals surface area contributed by atoms with E-state index in [1.165, 1.54) is 0 Å². The predicted molar refractivity (Wildman–Crippen MR) is 121 cm³/mol. The van der Waals surface area contributed by atoms with Gasteiger partial charge >= 0.3 is 0 Å². The highest BCUT2D eigenvalue weighted by molar-refractivity contribution is 5.97. The molecule has 0 bridgehead atoms. The van der Waals surface area contributed by atoms with E-state index >= 15 is 0 Å². The van der Waals surface area contributed by atoms with Gasteiger partial charge in [-0.3, -0.25) is 4.79 Å². The van der Waals surface area contributed by atoms with Crippen molar-refractivity contribution in [2.24, 2.45) is 0 Å². The molecule has 1 aromatic heterocycles. The molecule has 0 aliphatic rings. The van der Waals surface area contributed by atoms with Gasteiger partial charge in [0.2, 0.25) is 0 Å². The Bertz CT molecular complexity index is 990. The van der Waals surface area contributed by atoms with Gasteiger partial charge in [0.05, 0.1) is 25.5 Å². The molecule has 0 saturated heterocycles. The van der Waals surface area contributed by atoms with Crippen LogP contribution in [-0.4, -0.2) is 31.2 Å². The normalized spacial score (nSPS) is 10.7. The number of unbranched alkanes of at least 4 members (excludes halogenated alkanes) is 2. The van der Waals surface area contributed by atoms with E-state index < -0.39 is 0 Å². The molecule has 0 radical (unpaired) electrons. The molecule has 0 aliphatic heterocycles. The van der Waals surface area contributed by atoms with Gasteiger partial charge in [-0.15, -0.1) is 0 Å². The van der Waals surface area contributed by atoms with Crippen LogP contribution in [0.25, 0.3) is 16.9 Å². The quantitative estimate of drug-likeness (QED) is 0.485. The number of hydrogen-bond donors (Lipinski definition) is 1. The lowest BCUT2D eigenvalue weighted by atomic mass is 10.1. The largest absolute Gasteiger partial charge is 0.497 e. The SMILES string of the molecule is CCCCCNC(=O)c1cc(-c2ccc(OC)cc2)n(-c2cccc(OC)c2)c1C. The van der Waals surface area contributed by atoms with Crippen LogP contribution in [0.3, 0.4) is 0 Å². The van der Waals surface area contributed by atoms with Gasteiger partial charge in [-0.05, 0) is 61.4 Å². The fraction of sp³-hybridized carbons (Fsp3) is 0.320. The molecule has 0 saturated carbocycles. The van der Waals surface area contributed by atoms with Crippen molar-refractivity contribution in [3.8, 4) is 28.4 Å². The van der Waals surface area contributed by atoms with Gasteiger partial charge < -0.3 is 19.4 Å². The second-order valence-corrected chi connectivity index (χ2v) is 7.26. The van der Waals surface area contributed by atoms with Crippen molar-refractivity contribution in [1.29, 1.82) is 0 Å². The lowest BCUT2D eigenvalue weighted by Gasteiger charge is -2.14. The lowest BCUT2D eigenvalue weighted by Crippen LogP contribution is -2.24. The molecule has 1 N–H and O–H groups in total. The standard InChI is InChI=1S/C25H30N2O3/c1-5-6-7-15-26-25(28)23-17-24(19-11-13-21(29-3)14-12-19)27(18(23)2)20-9-8-10-22(16-20)30-4/h8-14,16-17H,5-7,15H2,1-4H3,(H,26,28). The Labute approximate surface area is 178 Å². The van der Waals surface area contributed by atoms with Gasteiger partial charge in [-0.25, -0.2) is 0 Å². The van der Waals surface area contributed by atoms with E-state index in [9.17, 15) is 4.79 Å². The highest BCUT2D eigenvalue weighted by atomic mass is 16.5. The van der Waals surface area contributed by atoms with Crippen LogP contribution in [0.4, 0.5) is 0 Å². The zero-order valence-corrected chi connectivity index (χ0v) is 18.2. The van der Waals surface area contributed by atoms with Crippen LogP contribution in [0.1, 0.15) is 42.2 Å². The lowest BCUT2D eigenvalue weighted by molar-refractivity contribution is 0.0952. The maximum Gasteiger partial charge on any atom is 0.253 e. The average molecular weight is 407 g/mol. The number of nitrogens with zero attached hydrogens (tertiary/aromatic N) is 1. The molecule has 0 atom stereocenters. The highest BCUT2D eigenvalue weighted by Gasteiger charge is 2.20. The summed E-state index contributed by atoms with van der Waals surface area (Å²) in [6.45, 7) is 4.82. The maximum atomic E-state index is 12.9. The van der Waals surface area contributed by atoms with Gasteiger partial charge in [-0.1, -0.05) is 25.8 Å². The Balaban J connectivity index is 2.05. The van der Waals surface area contributed by atoms with Crippen molar-refractivity contribution in [3.05, 3.63) is 65.9 Å². The Hall–Kier alpha value is -3.21. The first kappa shape index (κ1) is 21.5. The molecular formula is C25H30N2O3. The fourth-order valence-electron chi connectivity index (χ4n) is 3.57. The van der Waals surface area contributed by atoms with Crippen LogP contribution in [0, 0.1) is 6.92 Å². The number of carbonyl (C=O) groups excluding carboxylic acids is 1. The summed E-state index contributed by atoms with van der Waals surface area (Å²) in [5.74, 6) is 1.52. The molecule has 158 valence electrons. The molecular weight excluding hydrogens is 376 g/mol. The van der Waals surface area contributed by atoms with Crippen LogP contribution in [0.2, 0.25) is 0 Å². The van der Waals surface area contributed by atoms with Crippen molar-refractivity contribution in [2.75, 3.05) is 20.8 Å². The molecule has 5 heteroatoms. The Morgan fingerprint density at radius 1 is 0.967 bits per heavy atom. The van der Waals surface area contributed by atoms with Gasteiger partial charge in [0.1, 0.15) is 11.5 Å². The molecule has 0 fully saturated rings. The van der Waals surface area contributed by atoms with Gasteiger partial charge in [0, 0.05) is 24.0 Å². The first-order valence-corrected chi connectivity index (χ1v) is 10.4. The van der Waals surface area contributed by atoms with Gasteiger partial charge in [-0.2, -0.15) is 0 Å². The topological polar surface area (TPSA) is 52.5 Å². The Morgan fingerprint density at radius 3 is 2.37 bits per heavy atom. The summed E-state index contributed by atoms with van der Waals surface area (Å²) in [6.07, 6.45) is 3.23. The molecule has 0 unspecified atom stereocenters. The maximum absolute atomic E-state index is 12.9. The summed E-state index contributed by atoms with van der Waals surface area (Å²) in [5.41, 5.74) is 4.47. The third kappa shape index (κ3) is 4.67. The predicted octanol–water partition coefficient (Wildman–Crippen LogP) is 5.39. The van der Waals surface area contributed by atoms with E-state index in [2.05, 4.69) is 16.8 Å². The first-order valence-electron chi connectivity index (χ1n) is 10.4. The van der Waals surface area contributed by atoms with Crippen LogP contribution >= 0.6 is 0 Å². The van der Waals surface area contributed by atoms with E-state index in [-0.39, 0.29) is 5.91 Å². The smallest absolute Gasteiger partial charge is 0.253 e. The van der Waals surface area contributed by atoms with E-state index in [1.807, 2.05) is 61.5 Å². The summed E-state index contributed by atoms with van der Waals surface area (Å²) in [7, 11) is 3.31. The number of carbonyl (C=O) groups is 1. The van der Waals surface area contributed by atoms with Crippen LogP contribution in [0.5, 0.6) is 11.5 Å². The fourth-order valence-corrected chi connectivity index (χ4v) is 3.57. The number of rotatable bonds is 9. The zero-order valence-electron chi connectivity index (χ0n) is 18.2. The second kappa shape index (κ2) is 10.0. The summed E-state index contributed by atoms with van der Waals surface area (Å²) in [4.78, 5) is 12.9. The highest BCUT2D eigenvalue weighted by Crippen LogP contribution is 2.31. The molecule has 1 heterocycles. The summed E-state index contributed by atoms with van der Waals surface area (Å²) < 4.78 is 12.8. The molecule has 1 amide bonds. The minimum atomic E-state index is -0.0417. The number of nitrogens with one attached hydrogen (secondary N) is 1. The molecule has 2 aromatic carbocycles. The van der Waals surface area contributed by atoms with Crippen LogP contribution in [0.15, 0.2) is 54.6 Å². The molecule has 3 aromatic rings. The number of amides is 1. The second-order valence-electron chi connectivity index (χ2n) is 7.26. The Kier molecular flexibility index (Phi) is 7.17. The summed E-state index contributed by atoms with van der Waals surface area (Å²) in [6, 6.07) is 17.7. The van der Waals surface area contributed by atoms with Crippen molar-refractivity contribution >= 4 is 5.91 Å². The third-order valence-electron chi connectivity index (χ3n) is 5.25. The number of methoxy groups -OCH3 is 2. The first-order chi connectivity index (χ1) is 14.6. The minimum absolute atomic E-state index is 0.0417. The van der Waals surface area contributed by atoms with Crippen molar-refractivity contribution in [3.63, 3.8) is 0 Å². The van der Waals surface area contributed by atoms with Gasteiger partial charge in [0.25, 0.3) is 5.91 Å². The molecule has 0 spiro atoms. The van der Waals surface area contributed by atoms with E-state index in [4.69, 9.17) is 9.47 Å². The number of benzene rings is 2. The van der Waals surface area contributed by atoms with E-state index in [1.54, 1.807) is 14.2 Å². The molecule has 3 rings (SSSR count). The zero-order chi connectivity index (χ0) is 21.5. The number of hydrogen-bond acceptors (Lipinski definition) is 3. The van der Waals surface area contributed by atoms with Gasteiger partial charge in [0.15, 0.2) is 0 Å². The van der Waals surface area contributed by atoms with Crippen molar-refractivity contribution in [2.45, 2.75) is 33.1 Å². The minimum Gasteiger partial charge on any atom is -0.497 e. The number of aromatic nitrogens is 1. The van der Waals surface area contributed by atoms with Crippen LogP contribution in [-0.2, 0) is 0 Å². The summed E-state index contributed by atoms with van der Waals surface area (Å²) >= 11 is 0. The molecule has 5 nitrogen and oxygen atoms in total. The third-order valence-corrected chi connectivity index (χ3v) is 5.25. The average Bonchev–Trinajstić information content (AvgIpc) is 3.13. The number of ether oxygens (including phenoxy) is 2. The molecule has 30 heavy (non-hydrogen) atoms. The monoisotopic (exact) mass is 406 g/mol.